The summed E-state index contributed by atoms with van der Waals surface area (Å²) in [6.45, 7) is 5.86. The highest BCUT2D eigenvalue weighted by molar-refractivity contribution is 4.74. The Morgan fingerprint density at radius 2 is 2.50 bits per heavy atom. The van der Waals surface area contributed by atoms with Gasteiger partial charge in [-0.05, 0) is 14.0 Å². The quantitative estimate of drug-likeness (QED) is 0.454. The minimum absolute atomic E-state index is 0.559. The van der Waals surface area contributed by atoms with Gasteiger partial charge in [0.2, 0.25) is 0 Å². The molecule has 0 N–H and O–H groups in total. The standard InChI is InChI=1S/C6H12NO/c1-6-5-8-4-3-7(6)2/h3,6H,4-5H2,1-2H3. The Hall–Kier alpha value is -0.0800. The number of likely N-dealkylation sites (N-methyl/N-ethyl adjacent to an activating group) is 1. The van der Waals surface area contributed by atoms with Crippen molar-refractivity contribution >= 4 is 0 Å². The zero-order valence-corrected chi connectivity index (χ0v) is 5.42. The molecule has 47 valence electrons. The second kappa shape index (κ2) is 2.46. The van der Waals surface area contributed by atoms with Crippen LogP contribution >= 0.6 is 0 Å². The fourth-order valence-corrected chi connectivity index (χ4v) is 0.706. The van der Waals surface area contributed by atoms with Gasteiger partial charge in [-0.25, -0.2) is 0 Å². The lowest BCUT2D eigenvalue weighted by atomic mass is 10.3. The zero-order valence-electron chi connectivity index (χ0n) is 5.42. The van der Waals surface area contributed by atoms with E-state index in [4.69, 9.17) is 4.74 Å². The normalized spacial score (nSPS) is 33.0. The SMILES string of the molecule is CC1COC[CH]N1C. The van der Waals surface area contributed by atoms with Crippen LogP contribution in [0.1, 0.15) is 6.92 Å². The molecule has 1 heterocycles. The van der Waals surface area contributed by atoms with Gasteiger partial charge < -0.3 is 4.74 Å². The van der Waals surface area contributed by atoms with E-state index in [-0.39, 0.29) is 0 Å². The fourth-order valence-electron chi connectivity index (χ4n) is 0.706. The molecule has 1 atom stereocenters. The Balaban J connectivity index is 2.28. The molecule has 0 spiro atoms. The van der Waals surface area contributed by atoms with Crippen molar-refractivity contribution in [1.82, 2.24) is 4.90 Å². The largest absolute Gasteiger partial charge is 0.378 e. The van der Waals surface area contributed by atoms with Gasteiger partial charge in [0.05, 0.1) is 19.8 Å². The smallest absolute Gasteiger partial charge is 0.0638 e. The molecule has 0 saturated carbocycles. The molecule has 1 aliphatic rings. The molecule has 0 amide bonds. The van der Waals surface area contributed by atoms with Gasteiger partial charge in [-0.1, -0.05) is 0 Å². The van der Waals surface area contributed by atoms with Crippen molar-refractivity contribution in [3.05, 3.63) is 6.54 Å². The Bertz CT molecular complexity index is 64.9. The van der Waals surface area contributed by atoms with E-state index in [0.717, 1.165) is 13.2 Å². The molecule has 1 unspecified atom stereocenters. The molecule has 1 radical (unpaired) electrons. The predicted octanol–water partition coefficient (Wildman–Crippen LogP) is 0.499. The Morgan fingerprint density at radius 3 is 2.88 bits per heavy atom. The minimum Gasteiger partial charge on any atom is -0.378 e. The van der Waals surface area contributed by atoms with Crippen LogP contribution in [0.25, 0.3) is 0 Å². The van der Waals surface area contributed by atoms with Gasteiger partial charge >= 0.3 is 0 Å². The first-order valence-electron chi connectivity index (χ1n) is 2.93. The van der Waals surface area contributed by atoms with Crippen molar-refractivity contribution in [1.29, 1.82) is 0 Å². The highest BCUT2D eigenvalue weighted by Gasteiger charge is 2.13. The lowest BCUT2D eigenvalue weighted by Crippen LogP contribution is -2.37. The van der Waals surface area contributed by atoms with E-state index in [1.165, 1.54) is 0 Å². The molecule has 1 aliphatic heterocycles. The molecule has 2 nitrogen and oxygen atoms in total. The van der Waals surface area contributed by atoms with Crippen molar-refractivity contribution in [3.63, 3.8) is 0 Å². The van der Waals surface area contributed by atoms with E-state index in [0.29, 0.717) is 6.04 Å². The third-order valence-corrected chi connectivity index (χ3v) is 1.53. The summed E-state index contributed by atoms with van der Waals surface area (Å²) in [5.74, 6) is 0. The van der Waals surface area contributed by atoms with Crippen molar-refractivity contribution in [2.75, 3.05) is 20.3 Å². The molecule has 1 fully saturated rings. The molecule has 0 aromatic heterocycles. The molecule has 8 heavy (non-hydrogen) atoms. The number of ether oxygens (including phenoxy) is 1. The van der Waals surface area contributed by atoms with Gasteiger partial charge in [-0.15, -0.1) is 0 Å². The average Bonchev–Trinajstić information content (AvgIpc) is 1.77. The topological polar surface area (TPSA) is 12.5 Å². The maximum atomic E-state index is 5.15. The maximum absolute atomic E-state index is 5.15. The summed E-state index contributed by atoms with van der Waals surface area (Å²) in [5.41, 5.74) is 0. The Labute approximate surface area is 50.4 Å². The third kappa shape index (κ3) is 1.20. The highest BCUT2D eigenvalue weighted by atomic mass is 16.5. The van der Waals surface area contributed by atoms with Crippen LogP contribution in [0.3, 0.4) is 0 Å². The van der Waals surface area contributed by atoms with Crippen molar-refractivity contribution in [2.45, 2.75) is 13.0 Å². The van der Waals surface area contributed by atoms with E-state index in [1.54, 1.807) is 0 Å². The zero-order chi connectivity index (χ0) is 5.98. The van der Waals surface area contributed by atoms with Crippen LogP contribution in [0.5, 0.6) is 0 Å². The van der Waals surface area contributed by atoms with Gasteiger partial charge in [-0.3, -0.25) is 4.90 Å². The predicted molar refractivity (Wildman–Crippen MR) is 32.3 cm³/mol. The lowest BCUT2D eigenvalue weighted by Gasteiger charge is -2.28. The van der Waals surface area contributed by atoms with Gasteiger partial charge in [-0.2, -0.15) is 0 Å². The van der Waals surface area contributed by atoms with Gasteiger partial charge in [0, 0.05) is 6.04 Å². The summed E-state index contributed by atoms with van der Waals surface area (Å²) in [6.07, 6.45) is 0. The summed E-state index contributed by atoms with van der Waals surface area (Å²) in [5, 5.41) is 0. The first kappa shape index (κ1) is 6.05. The van der Waals surface area contributed by atoms with Crippen molar-refractivity contribution in [3.8, 4) is 0 Å². The first-order chi connectivity index (χ1) is 3.80. The summed E-state index contributed by atoms with van der Waals surface area (Å²) in [7, 11) is 2.08. The minimum atomic E-state index is 0.559. The van der Waals surface area contributed by atoms with Crippen LogP contribution in [-0.2, 0) is 4.74 Å². The summed E-state index contributed by atoms with van der Waals surface area (Å²) < 4.78 is 5.15. The van der Waals surface area contributed by atoms with Gasteiger partial charge in [0.15, 0.2) is 0 Å². The number of nitrogens with zero attached hydrogens (tertiary/aromatic N) is 1. The lowest BCUT2D eigenvalue weighted by molar-refractivity contribution is 0.0418. The second-order valence-electron chi connectivity index (χ2n) is 2.23. The molecule has 1 rings (SSSR count). The molecular weight excluding hydrogens is 102 g/mol. The molecule has 1 saturated heterocycles. The number of rotatable bonds is 0. The van der Waals surface area contributed by atoms with Crippen molar-refractivity contribution < 1.29 is 4.74 Å². The van der Waals surface area contributed by atoms with E-state index >= 15 is 0 Å². The van der Waals surface area contributed by atoms with Crippen LogP contribution in [0.15, 0.2) is 0 Å². The molecule has 0 aromatic carbocycles. The van der Waals surface area contributed by atoms with E-state index in [1.807, 2.05) is 0 Å². The van der Waals surface area contributed by atoms with Gasteiger partial charge in [0.1, 0.15) is 0 Å². The summed E-state index contributed by atoms with van der Waals surface area (Å²) in [4.78, 5) is 2.18. The van der Waals surface area contributed by atoms with E-state index < -0.39 is 0 Å². The summed E-state index contributed by atoms with van der Waals surface area (Å²) in [6, 6.07) is 0.559. The molecule has 0 bridgehead atoms. The molecule has 2 heteroatoms. The van der Waals surface area contributed by atoms with Gasteiger partial charge in [0.25, 0.3) is 0 Å². The Kier molecular flexibility index (Phi) is 1.86. The summed E-state index contributed by atoms with van der Waals surface area (Å²) >= 11 is 0. The van der Waals surface area contributed by atoms with Crippen LogP contribution in [-0.4, -0.2) is 31.2 Å². The maximum Gasteiger partial charge on any atom is 0.0638 e. The molecule has 0 aromatic rings. The fraction of sp³-hybridized carbons (Fsp3) is 0.833. The first-order valence-corrected chi connectivity index (χ1v) is 2.93. The number of morpholine rings is 1. The van der Waals surface area contributed by atoms with Crippen LogP contribution in [0.2, 0.25) is 0 Å². The second-order valence-corrected chi connectivity index (χ2v) is 2.23. The average molecular weight is 114 g/mol. The molecule has 0 aliphatic carbocycles. The third-order valence-electron chi connectivity index (χ3n) is 1.53. The Morgan fingerprint density at radius 1 is 1.75 bits per heavy atom. The van der Waals surface area contributed by atoms with Crippen LogP contribution in [0.4, 0.5) is 0 Å². The molecular formula is C6H12NO. The highest BCUT2D eigenvalue weighted by Crippen LogP contribution is 2.04. The van der Waals surface area contributed by atoms with E-state index in [9.17, 15) is 0 Å². The van der Waals surface area contributed by atoms with E-state index in [2.05, 4.69) is 25.4 Å². The number of hydrogen-bond donors (Lipinski definition) is 0. The number of hydrogen-bond acceptors (Lipinski definition) is 2. The monoisotopic (exact) mass is 114 g/mol. The van der Waals surface area contributed by atoms with Crippen molar-refractivity contribution in [2.24, 2.45) is 0 Å². The van der Waals surface area contributed by atoms with Crippen LogP contribution < -0.4 is 0 Å². The van der Waals surface area contributed by atoms with Crippen LogP contribution in [0, 0.1) is 6.54 Å².